The monoisotopic (exact) mass is 209 g/mol. The fourth-order valence-electron chi connectivity index (χ4n) is 0.859. The molecule has 1 atom stereocenters. The summed E-state index contributed by atoms with van der Waals surface area (Å²) in [6.45, 7) is 6.13. The maximum Gasteiger partial charge on any atom is 0.280 e. The lowest BCUT2D eigenvalue weighted by Crippen LogP contribution is -2.31. The van der Waals surface area contributed by atoms with E-state index in [1.54, 1.807) is 0 Å². The molecule has 0 radical (unpaired) electrons. The number of hydrogen-bond donors (Lipinski definition) is 2. The van der Waals surface area contributed by atoms with E-state index in [0.29, 0.717) is 12.8 Å². The van der Waals surface area contributed by atoms with Gasteiger partial charge in [0.2, 0.25) is 0 Å². The Morgan fingerprint density at radius 2 is 1.92 bits per heavy atom. The first-order valence-corrected chi connectivity index (χ1v) is 5.91. The molecule has 0 aromatic rings. The molecule has 3 N–H and O–H groups in total. The van der Waals surface area contributed by atoms with Crippen molar-refractivity contribution in [2.45, 2.75) is 45.4 Å². The minimum Gasteiger partial charge on any atom is -0.313 e. The van der Waals surface area contributed by atoms with Gasteiger partial charge in [-0.15, -0.1) is 0 Å². The Balaban J connectivity index is 4.05. The Bertz CT molecular complexity index is 246. The first-order chi connectivity index (χ1) is 5.69. The van der Waals surface area contributed by atoms with Gasteiger partial charge >= 0.3 is 0 Å². The van der Waals surface area contributed by atoms with E-state index in [1.165, 1.54) is 0 Å². The summed E-state index contributed by atoms with van der Waals surface area (Å²) < 4.78 is 29.7. The molecule has 0 bridgehead atoms. The first-order valence-electron chi connectivity index (χ1n) is 4.41. The summed E-state index contributed by atoms with van der Waals surface area (Å²) in [5.74, 6) is 0. The third-order valence-corrected chi connectivity index (χ3v) is 3.45. The van der Waals surface area contributed by atoms with Gasteiger partial charge in [0.25, 0.3) is 10.1 Å². The molecule has 0 saturated heterocycles. The smallest absolute Gasteiger partial charge is 0.280 e. The van der Waals surface area contributed by atoms with Crippen LogP contribution in [0.1, 0.15) is 40.0 Å². The van der Waals surface area contributed by atoms with E-state index in [1.807, 2.05) is 20.8 Å². The van der Waals surface area contributed by atoms with Crippen LogP contribution in [-0.4, -0.2) is 18.3 Å². The Morgan fingerprint density at radius 3 is 2.23 bits per heavy atom. The zero-order chi connectivity index (χ0) is 10.7. The second kappa shape index (κ2) is 4.39. The highest BCUT2D eigenvalue weighted by molar-refractivity contribution is 7.86. The zero-order valence-corrected chi connectivity index (χ0v) is 9.26. The second-order valence-corrected chi connectivity index (χ2v) is 5.75. The first kappa shape index (κ1) is 12.9. The van der Waals surface area contributed by atoms with E-state index in [0.717, 1.165) is 6.42 Å². The van der Waals surface area contributed by atoms with Gasteiger partial charge in [0.1, 0.15) is 5.37 Å². The molecule has 0 aliphatic rings. The van der Waals surface area contributed by atoms with Gasteiger partial charge in [-0.05, 0) is 18.3 Å². The Hall–Kier alpha value is -0.130. The average molecular weight is 209 g/mol. The highest BCUT2D eigenvalue weighted by Crippen LogP contribution is 2.26. The Kier molecular flexibility index (Phi) is 4.35. The maximum atomic E-state index is 10.6. The lowest BCUT2D eigenvalue weighted by molar-refractivity contribution is 0.308. The fourth-order valence-corrected chi connectivity index (χ4v) is 1.27. The van der Waals surface area contributed by atoms with Crippen LogP contribution in [0.4, 0.5) is 0 Å². The molecule has 0 amide bonds. The third-order valence-electron chi connectivity index (χ3n) is 2.45. The molecule has 80 valence electrons. The molecule has 0 aromatic heterocycles. The van der Waals surface area contributed by atoms with Gasteiger partial charge in [0.05, 0.1) is 0 Å². The van der Waals surface area contributed by atoms with Crippen molar-refractivity contribution in [2.75, 3.05) is 0 Å². The van der Waals surface area contributed by atoms with Crippen LogP contribution < -0.4 is 5.73 Å². The van der Waals surface area contributed by atoms with Crippen molar-refractivity contribution in [3.8, 4) is 0 Å². The van der Waals surface area contributed by atoms with Crippen LogP contribution >= 0.6 is 0 Å². The molecule has 1 unspecified atom stereocenters. The largest absolute Gasteiger partial charge is 0.313 e. The Morgan fingerprint density at radius 1 is 1.46 bits per heavy atom. The van der Waals surface area contributed by atoms with Crippen LogP contribution in [0.15, 0.2) is 0 Å². The SMILES string of the molecule is CCC(C)(C)CCC(N)S(=O)(=O)O. The number of rotatable bonds is 5. The molecular formula is C8H19NO3S. The van der Waals surface area contributed by atoms with Gasteiger partial charge in [0, 0.05) is 0 Å². The summed E-state index contributed by atoms with van der Waals surface area (Å²) in [5.41, 5.74) is 5.36. The predicted octanol–water partition coefficient (Wildman–Crippen LogP) is 1.38. The van der Waals surface area contributed by atoms with E-state index >= 15 is 0 Å². The minimum absolute atomic E-state index is 0.0856. The van der Waals surface area contributed by atoms with Crippen molar-refractivity contribution >= 4 is 10.1 Å². The van der Waals surface area contributed by atoms with Gasteiger partial charge < -0.3 is 5.73 Å². The van der Waals surface area contributed by atoms with Gasteiger partial charge in [-0.1, -0.05) is 27.2 Å². The van der Waals surface area contributed by atoms with Gasteiger partial charge in [0.15, 0.2) is 0 Å². The van der Waals surface area contributed by atoms with E-state index in [4.69, 9.17) is 10.3 Å². The molecule has 0 spiro atoms. The van der Waals surface area contributed by atoms with Crippen molar-refractivity contribution in [3.05, 3.63) is 0 Å². The van der Waals surface area contributed by atoms with Crippen LogP contribution in [0, 0.1) is 5.41 Å². The molecule has 5 heteroatoms. The lowest BCUT2D eigenvalue weighted by atomic mass is 9.85. The van der Waals surface area contributed by atoms with Crippen LogP contribution in [0.25, 0.3) is 0 Å². The third kappa shape index (κ3) is 5.23. The highest BCUT2D eigenvalue weighted by atomic mass is 32.2. The van der Waals surface area contributed by atoms with Gasteiger partial charge in [-0.3, -0.25) is 4.55 Å². The summed E-state index contributed by atoms with van der Waals surface area (Å²) in [6.07, 6.45) is 1.97. The molecule has 4 nitrogen and oxygen atoms in total. The molecule has 0 aromatic carbocycles. The van der Waals surface area contributed by atoms with Crippen molar-refractivity contribution in [2.24, 2.45) is 11.1 Å². The van der Waals surface area contributed by atoms with Crippen LogP contribution in [0.5, 0.6) is 0 Å². The molecule has 0 fully saturated rings. The van der Waals surface area contributed by atoms with Crippen molar-refractivity contribution in [1.82, 2.24) is 0 Å². The lowest BCUT2D eigenvalue weighted by Gasteiger charge is -2.23. The van der Waals surface area contributed by atoms with E-state index in [-0.39, 0.29) is 5.41 Å². The van der Waals surface area contributed by atoms with Crippen LogP contribution in [0.2, 0.25) is 0 Å². The fraction of sp³-hybridized carbons (Fsp3) is 1.00. The molecule has 0 saturated carbocycles. The molecule has 0 aliphatic carbocycles. The molecule has 0 rings (SSSR count). The van der Waals surface area contributed by atoms with Gasteiger partial charge in [-0.25, -0.2) is 0 Å². The number of hydrogen-bond acceptors (Lipinski definition) is 3. The zero-order valence-electron chi connectivity index (χ0n) is 8.45. The van der Waals surface area contributed by atoms with Crippen LogP contribution in [-0.2, 0) is 10.1 Å². The maximum absolute atomic E-state index is 10.6. The summed E-state index contributed by atoms with van der Waals surface area (Å²) in [7, 11) is -4.06. The van der Waals surface area contributed by atoms with E-state index < -0.39 is 15.5 Å². The van der Waals surface area contributed by atoms with Crippen molar-refractivity contribution in [3.63, 3.8) is 0 Å². The normalized spacial score (nSPS) is 15.8. The topological polar surface area (TPSA) is 80.4 Å². The van der Waals surface area contributed by atoms with Crippen molar-refractivity contribution in [1.29, 1.82) is 0 Å². The standard InChI is InChI=1S/C8H19NO3S/c1-4-8(2,3)6-5-7(9)13(10,11)12/h7H,4-6,9H2,1-3H3,(H,10,11,12). The predicted molar refractivity (Wildman–Crippen MR) is 52.8 cm³/mol. The molecule has 0 heterocycles. The Labute approximate surface area is 80.3 Å². The van der Waals surface area contributed by atoms with E-state index in [9.17, 15) is 8.42 Å². The summed E-state index contributed by atoms with van der Waals surface area (Å²) in [6, 6.07) is 0. The van der Waals surface area contributed by atoms with Gasteiger partial charge in [-0.2, -0.15) is 8.42 Å². The molecular weight excluding hydrogens is 190 g/mol. The second-order valence-electron chi connectivity index (χ2n) is 4.11. The van der Waals surface area contributed by atoms with Crippen LogP contribution in [0.3, 0.4) is 0 Å². The molecule has 0 aliphatic heterocycles. The minimum atomic E-state index is -4.06. The summed E-state index contributed by atoms with van der Waals surface area (Å²) in [5, 5.41) is -1.14. The van der Waals surface area contributed by atoms with Crippen molar-refractivity contribution < 1.29 is 13.0 Å². The quantitative estimate of drug-likeness (QED) is 0.670. The average Bonchev–Trinajstić information content (AvgIpc) is 1.98. The summed E-state index contributed by atoms with van der Waals surface area (Å²) in [4.78, 5) is 0. The highest BCUT2D eigenvalue weighted by Gasteiger charge is 2.22. The van der Waals surface area contributed by atoms with E-state index in [2.05, 4.69) is 0 Å². The number of nitrogens with two attached hydrogens (primary N) is 1. The summed E-state index contributed by atoms with van der Waals surface area (Å²) >= 11 is 0. The molecule has 13 heavy (non-hydrogen) atoms.